The highest BCUT2D eigenvalue weighted by Gasteiger charge is 2.03. The first kappa shape index (κ1) is 13.4. The Bertz CT molecular complexity index is 126. The zero-order chi connectivity index (χ0) is 9.94. The molecule has 3 heteroatoms. The molecule has 0 amide bonds. The Labute approximate surface area is 94.8 Å². The topological polar surface area (TPSA) is 18.5 Å². The number of hydrogen-bond donors (Lipinski definition) is 0. The van der Waals surface area contributed by atoms with E-state index in [2.05, 4.69) is 35.6 Å². The highest BCUT2D eigenvalue weighted by molar-refractivity contribution is 14.1. The third-order valence-electron chi connectivity index (χ3n) is 1.78. The van der Waals surface area contributed by atoms with E-state index >= 15 is 0 Å². The van der Waals surface area contributed by atoms with Gasteiger partial charge in [-0.2, -0.15) is 0 Å². The Balaban J connectivity index is 3.54. The molecular formula is C10H19IO2. The van der Waals surface area contributed by atoms with Crippen LogP contribution >= 0.6 is 22.6 Å². The van der Waals surface area contributed by atoms with Crippen LogP contribution in [0, 0.1) is 0 Å². The van der Waals surface area contributed by atoms with E-state index in [0.717, 1.165) is 6.42 Å². The Kier molecular flexibility index (Phi) is 10.8. The first-order valence-electron chi connectivity index (χ1n) is 4.72. The monoisotopic (exact) mass is 298 g/mol. The zero-order valence-electron chi connectivity index (χ0n) is 8.46. The molecule has 0 aromatic carbocycles. The molecule has 0 fully saturated rings. The predicted octanol–water partition coefficient (Wildman–Crippen LogP) is 3.50. The molecular weight excluding hydrogens is 279 g/mol. The zero-order valence-corrected chi connectivity index (χ0v) is 10.6. The van der Waals surface area contributed by atoms with Crippen molar-refractivity contribution in [1.29, 1.82) is 0 Å². The van der Waals surface area contributed by atoms with E-state index in [0.29, 0.717) is 6.79 Å². The fraction of sp³-hybridized carbons (Fsp3) is 0.800. The lowest BCUT2D eigenvalue weighted by Gasteiger charge is -2.12. The fourth-order valence-electron chi connectivity index (χ4n) is 1.07. The van der Waals surface area contributed by atoms with Crippen molar-refractivity contribution >= 4 is 22.6 Å². The SMILES string of the molecule is CCCCC[C@@H](/C=C\I)OCOC. The van der Waals surface area contributed by atoms with E-state index in [1.54, 1.807) is 7.11 Å². The molecule has 1 atom stereocenters. The smallest absolute Gasteiger partial charge is 0.147 e. The second-order valence-corrected chi connectivity index (χ2v) is 3.65. The van der Waals surface area contributed by atoms with Crippen molar-refractivity contribution in [2.45, 2.75) is 38.7 Å². The van der Waals surface area contributed by atoms with Gasteiger partial charge in [0.1, 0.15) is 6.79 Å². The van der Waals surface area contributed by atoms with Gasteiger partial charge in [-0.05, 0) is 16.6 Å². The summed E-state index contributed by atoms with van der Waals surface area (Å²) in [5, 5.41) is 0. The van der Waals surface area contributed by atoms with Gasteiger partial charge >= 0.3 is 0 Å². The van der Waals surface area contributed by atoms with Crippen molar-refractivity contribution in [3.05, 3.63) is 10.2 Å². The van der Waals surface area contributed by atoms with Crippen molar-refractivity contribution in [3.63, 3.8) is 0 Å². The quantitative estimate of drug-likeness (QED) is 0.388. The molecule has 0 aromatic rings. The van der Waals surface area contributed by atoms with Crippen LogP contribution in [0.3, 0.4) is 0 Å². The van der Waals surface area contributed by atoms with Gasteiger partial charge in [0.25, 0.3) is 0 Å². The molecule has 0 aliphatic rings. The molecule has 0 spiro atoms. The molecule has 78 valence electrons. The van der Waals surface area contributed by atoms with Crippen LogP contribution in [0.2, 0.25) is 0 Å². The minimum absolute atomic E-state index is 0.225. The van der Waals surface area contributed by atoms with E-state index in [1.807, 2.05) is 4.08 Å². The van der Waals surface area contributed by atoms with Gasteiger partial charge in [0.2, 0.25) is 0 Å². The second-order valence-electron chi connectivity index (χ2n) is 2.93. The highest BCUT2D eigenvalue weighted by Crippen LogP contribution is 2.09. The molecule has 0 aromatic heterocycles. The maximum atomic E-state index is 5.46. The molecule has 0 saturated heterocycles. The average Bonchev–Trinajstić information content (AvgIpc) is 2.14. The maximum absolute atomic E-state index is 5.46. The summed E-state index contributed by atoms with van der Waals surface area (Å²) in [6.07, 6.45) is 7.16. The maximum Gasteiger partial charge on any atom is 0.147 e. The van der Waals surface area contributed by atoms with Gasteiger partial charge in [-0.25, -0.2) is 0 Å². The first-order chi connectivity index (χ1) is 6.35. The van der Waals surface area contributed by atoms with Crippen molar-refractivity contribution in [2.75, 3.05) is 13.9 Å². The number of hydrogen-bond acceptors (Lipinski definition) is 2. The van der Waals surface area contributed by atoms with Gasteiger partial charge in [-0.1, -0.05) is 48.8 Å². The molecule has 0 aliphatic carbocycles. The number of rotatable bonds is 8. The molecule has 0 radical (unpaired) electrons. The molecule has 0 rings (SSSR count). The molecule has 0 aliphatic heterocycles. The van der Waals surface area contributed by atoms with Crippen molar-refractivity contribution in [2.24, 2.45) is 0 Å². The van der Waals surface area contributed by atoms with E-state index in [1.165, 1.54) is 19.3 Å². The Morgan fingerprint density at radius 1 is 1.38 bits per heavy atom. The van der Waals surface area contributed by atoms with Crippen LogP contribution in [0.5, 0.6) is 0 Å². The third-order valence-corrected chi connectivity index (χ3v) is 2.19. The standard InChI is InChI=1S/C10H19IO2/c1-3-4-5-6-10(7-8-11)13-9-12-2/h7-8,10H,3-6,9H2,1-2H3/b8-7-/t10-/m0/s1. The number of ether oxygens (including phenoxy) is 2. The van der Waals surface area contributed by atoms with Crippen molar-refractivity contribution in [3.8, 4) is 0 Å². The number of halogens is 1. The van der Waals surface area contributed by atoms with Crippen molar-refractivity contribution < 1.29 is 9.47 Å². The number of unbranched alkanes of at least 4 members (excludes halogenated alkanes) is 2. The average molecular weight is 298 g/mol. The van der Waals surface area contributed by atoms with Gasteiger partial charge in [-0.3, -0.25) is 0 Å². The molecule has 0 bridgehead atoms. The predicted molar refractivity (Wildman–Crippen MR) is 64.1 cm³/mol. The largest absolute Gasteiger partial charge is 0.359 e. The summed E-state index contributed by atoms with van der Waals surface area (Å²) in [5.41, 5.74) is 0. The fourth-order valence-corrected chi connectivity index (χ4v) is 1.53. The first-order valence-corrected chi connectivity index (χ1v) is 5.97. The van der Waals surface area contributed by atoms with Crippen LogP contribution in [-0.4, -0.2) is 20.0 Å². The molecule has 0 unspecified atom stereocenters. The second kappa shape index (κ2) is 10.5. The van der Waals surface area contributed by atoms with E-state index in [9.17, 15) is 0 Å². The highest BCUT2D eigenvalue weighted by atomic mass is 127. The molecule has 0 heterocycles. The van der Waals surface area contributed by atoms with E-state index < -0.39 is 0 Å². The van der Waals surface area contributed by atoms with Crippen LogP contribution < -0.4 is 0 Å². The van der Waals surface area contributed by atoms with Gasteiger partial charge < -0.3 is 9.47 Å². The van der Waals surface area contributed by atoms with E-state index in [4.69, 9.17) is 9.47 Å². The van der Waals surface area contributed by atoms with Crippen LogP contribution in [0.1, 0.15) is 32.6 Å². The lowest BCUT2D eigenvalue weighted by atomic mass is 10.1. The summed E-state index contributed by atoms with van der Waals surface area (Å²) in [5.74, 6) is 0. The third kappa shape index (κ3) is 8.71. The normalized spacial score (nSPS) is 13.8. The number of methoxy groups -OCH3 is 1. The van der Waals surface area contributed by atoms with Crippen LogP contribution in [0.25, 0.3) is 0 Å². The van der Waals surface area contributed by atoms with Crippen LogP contribution in [0.4, 0.5) is 0 Å². The molecule has 13 heavy (non-hydrogen) atoms. The van der Waals surface area contributed by atoms with Crippen LogP contribution in [0.15, 0.2) is 10.2 Å². The summed E-state index contributed by atoms with van der Waals surface area (Å²) in [4.78, 5) is 0. The minimum atomic E-state index is 0.225. The lowest BCUT2D eigenvalue weighted by molar-refractivity contribution is -0.0579. The summed E-state index contributed by atoms with van der Waals surface area (Å²) in [6.45, 7) is 2.59. The molecule has 0 N–H and O–H groups in total. The summed E-state index contributed by atoms with van der Waals surface area (Å²) in [6, 6.07) is 0. The molecule has 2 nitrogen and oxygen atoms in total. The van der Waals surface area contributed by atoms with Gasteiger partial charge in [0.05, 0.1) is 6.10 Å². The minimum Gasteiger partial charge on any atom is -0.359 e. The Morgan fingerprint density at radius 2 is 2.15 bits per heavy atom. The summed E-state index contributed by atoms with van der Waals surface area (Å²) in [7, 11) is 1.65. The summed E-state index contributed by atoms with van der Waals surface area (Å²) < 4.78 is 12.3. The Morgan fingerprint density at radius 3 is 2.69 bits per heavy atom. The van der Waals surface area contributed by atoms with Crippen molar-refractivity contribution in [1.82, 2.24) is 0 Å². The van der Waals surface area contributed by atoms with Gasteiger partial charge in [0.15, 0.2) is 0 Å². The van der Waals surface area contributed by atoms with Gasteiger partial charge in [-0.15, -0.1) is 0 Å². The van der Waals surface area contributed by atoms with Crippen LogP contribution in [-0.2, 0) is 9.47 Å². The molecule has 0 saturated carbocycles. The summed E-state index contributed by atoms with van der Waals surface area (Å²) >= 11 is 2.21. The van der Waals surface area contributed by atoms with Gasteiger partial charge in [0, 0.05) is 7.11 Å². The lowest BCUT2D eigenvalue weighted by Crippen LogP contribution is -2.11. The Hall–Kier alpha value is 0.390. The van der Waals surface area contributed by atoms with E-state index in [-0.39, 0.29) is 6.10 Å².